The molecule has 3 N–H and O–H groups in total. The zero-order chi connectivity index (χ0) is 21.8. The number of carbonyl (C=O) groups excluding carboxylic acids is 1. The zero-order valence-electron chi connectivity index (χ0n) is 18.3. The quantitative estimate of drug-likeness (QED) is 0.646. The number of hydrogen-bond acceptors (Lipinski definition) is 4. The van der Waals surface area contributed by atoms with E-state index in [2.05, 4.69) is 48.9 Å². The number of anilines is 1. The molecule has 1 aromatic heterocycles. The van der Waals surface area contributed by atoms with Crippen LogP contribution in [0.2, 0.25) is 0 Å². The van der Waals surface area contributed by atoms with Crippen molar-refractivity contribution in [3.8, 4) is 11.5 Å². The van der Waals surface area contributed by atoms with Gasteiger partial charge < -0.3 is 25.1 Å². The number of fused-ring (bicyclic) bond motifs is 2. The third-order valence-electron chi connectivity index (χ3n) is 6.39. The molecule has 0 atom stereocenters. The maximum atomic E-state index is 13.3. The SMILES string of the molecule is CC(C)(C)c1cc2cc(NC(=O)C3(c4ccc5c(c4)OCO5)CC3)ccc2n1CCN. The summed E-state index contributed by atoms with van der Waals surface area (Å²) in [7, 11) is 0. The minimum atomic E-state index is -0.488. The summed E-state index contributed by atoms with van der Waals surface area (Å²) in [6.07, 6.45) is 1.67. The predicted molar refractivity (Wildman–Crippen MR) is 122 cm³/mol. The van der Waals surface area contributed by atoms with Crippen LogP contribution >= 0.6 is 0 Å². The number of nitrogens with zero attached hydrogens (tertiary/aromatic N) is 1. The summed E-state index contributed by atoms with van der Waals surface area (Å²) in [6.45, 7) is 8.22. The Labute approximate surface area is 182 Å². The number of nitrogens with two attached hydrogens (primary N) is 1. The number of amides is 1. The van der Waals surface area contributed by atoms with E-state index in [1.54, 1.807) is 0 Å². The number of hydrogen-bond donors (Lipinski definition) is 2. The molecule has 3 aromatic rings. The Bertz CT molecular complexity index is 1170. The lowest BCUT2D eigenvalue weighted by Crippen LogP contribution is -2.27. The third kappa shape index (κ3) is 3.35. The first kappa shape index (κ1) is 19.9. The molecule has 6 nitrogen and oxygen atoms in total. The van der Waals surface area contributed by atoms with Gasteiger partial charge in [-0.05, 0) is 54.8 Å². The molecular weight excluding hydrogens is 390 g/mol. The van der Waals surface area contributed by atoms with E-state index in [-0.39, 0.29) is 18.1 Å². The number of aromatic nitrogens is 1. The van der Waals surface area contributed by atoms with Gasteiger partial charge in [-0.15, -0.1) is 0 Å². The Balaban J connectivity index is 1.43. The predicted octanol–water partition coefficient (Wildman–Crippen LogP) is 4.30. The van der Waals surface area contributed by atoms with Gasteiger partial charge in [-0.2, -0.15) is 0 Å². The summed E-state index contributed by atoms with van der Waals surface area (Å²) < 4.78 is 13.2. The Morgan fingerprint density at radius 3 is 2.58 bits per heavy atom. The monoisotopic (exact) mass is 419 g/mol. The van der Waals surface area contributed by atoms with Crippen molar-refractivity contribution in [3.63, 3.8) is 0 Å². The van der Waals surface area contributed by atoms with Crippen molar-refractivity contribution < 1.29 is 14.3 Å². The van der Waals surface area contributed by atoms with Gasteiger partial charge in [0.15, 0.2) is 11.5 Å². The Kier molecular flexibility index (Phi) is 4.52. The average molecular weight is 420 g/mol. The van der Waals surface area contributed by atoms with Crippen LogP contribution in [0.15, 0.2) is 42.5 Å². The van der Waals surface area contributed by atoms with Crippen LogP contribution in [0.25, 0.3) is 10.9 Å². The van der Waals surface area contributed by atoms with Gasteiger partial charge in [-0.1, -0.05) is 26.8 Å². The Morgan fingerprint density at radius 1 is 1.10 bits per heavy atom. The Morgan fingerprint density at radius 2 is 1.87 bits per heavy atom. The molecule has 1 amide bonds. The molecule has 0 unspecified atom stereocenters. The second-order valence-electron chi connectivity index (χ2n) is 9.60. The van der Waals surface area contributed by atoms with Gasteiger partial charge in [0.2, 0.25) is 12.7 Å². The smallest absolute Gasteiger partial charge is 0.235 e. The topological polar surface area (TPSA) is 78.5 Å². The number of benzene rings is 2. The first-order valence-corrected chi connectivity index (χ1v) is 10.9. The molecule has 0 bridgehead atoms. The van der Waals surface area contributed by atoms with Gasteiger partial charge >= 0.3 is 0 Å². The second kappa shape index (κ2) is 7.02. The fourth-order valence-electron chi connectivity index (χ4n) is 4.56. The van der Waals surface area contributed by atoms with Crippen LogP contribution in [0.3, 0.4) is 0 Å². The normalized spacial score (nSPS) is 16.5. The van der Waals surface area contributed by atoms with Crippen molar-refractivity contribution in [2.24, 2.45) is 5.73 Å². The van der Waals surface area contributed by atoms with Gasteiger partial charge in [0.05, 0.1) is 5.41 Å². The fraction of sp³-hybridized carbons (Fsp3) is 0.400. The molecule has 1 saturated carbocycles. The van der Waals surface area contributed by atoms with Crippen LogP contribution in [-0.4, -0.2) is 23.8 Å². The van der Waals surface area contributed by atoms with Crippen LogP contribution in [-0.2, 0) is 22.2 Å². The molecule has 162 valence electrons. The van der Waals surface area contributed by atoms with Crippen LogP contribution in [0.4, 0.5) is 5.69 Å². The molecular formula is C25H29N3O3. The summed E-state index contributed by atoms with van der Waals surface area (Å²) >= 11 is 0. The van der Waals surface area contributed by atoms with Crippen molar-refractivity contribution in [1.82, 2.24) is 4.57 Å². The minimum Gasteiger partial charge on any atom is -0.454 e. The average Bonchev–Trinajstić information content (AvgIpc) is 3.27. The molecule has 1 aliphatic heterocycles. The van der Waals surface area contributed by atoms with Crippen molar-refractivity contribution in [3.05, 3.63) is 53.7 Å². The van der Waals surface area contributed by atoms with Crippen molar-refractivity contribution in [2.45, 2.75) is 51.0 Å². The molecule has 2 aliphatic rings. The number of carbonyl (C=O) groups is 1. The molecule has 0 radical (unpaired) electrons. The highest BCUT2D eigenvalue weighted by molar-refractivity contribution is 6.02. The largest absolute Gasteiger partial charge is 0.454 e. The first-order valence-electron chi connectivity index (χ1n) is 10.9. The van der Waals surface area contributed by atoms with E-state index in [1.807, 2.05) is 24.3 Å². The van der Waals surface area contributed by atoms with E-state index in [0.717, 1.165) is 47.3 Å². The van der Waals surface area contributed by atoms with Crippen LogP contribution in [0.1, 0.15) is 44.9 Å². The Hall–Kier alpha value is -2.99. The number of ether oxygens (including phenoxy) is 2. The molecule has 31 heavy (non-hydrogen) atoms. The number of nitrogens with one attached hydrogen (secondary N) is 1. The highest BCUT2D eigenvalue weighted by Crippen LogP contribution is 2.51. The summed E-state index contributed by atoms with van der Waals surface area (Å²) in [5.41, 5.74) is 9.58. The van der Waals surface area contributed by atoms with E-state index < -0.39 is 5.41 Å². The van der Waals surface area contributed by atoms with Gasteiger partial charge in [0.25, 0.3) is 0 Å². The van der Waals surface area contributed by atoms with Crippen molar-refractivity contribution in [2.75, 3.05) is 18.7 Å². The highest BCUT2D eigenvalue weighted by Gasteiger charge is 2.51. The highest BCUT2D eigenvalue weighted by atomic mass is 16.7. The molecule has 5 rings (SSSR count). The van der Waals surface area contributed by atoms with Crippen LogP contribution in [0, 0.1) is 0 Å². The summed E-state index contributed by atoms with van der Waals surface area (Å²) in [5.74, 6) is 1.49. The lowest BCUT2D eigenvalue weighted by molar-refractivity contribution is -0.118. The van der Waals surface area contributed by atoms with E-state index in [9.17, 15) is 4.79 Å². The minimum absolute atomic E-state index is 0.00895. The molecule has 1 fully saturated rings. The van der Waals surface area contributed by atoms with E-state index in [1.165, 1.54) is 5.69 Å². The van der Waals surface area contributed by atoms with Gasteiger partial charge in [-0.3, -0.25) is 4.79 Å². The van der Waals surface area contributed by atoms with E-state index >= 15 is 0 Å². The first-order chi connectivity index (χ1) is 14.8. The van der Waals surface area contributed by atoms with Crippen LogP contribution in [0.5, 0.6) is 11.5 Å². The summed E-state index contributed by atoms with van der Waals surface area (Å²) in [6, 6.07) is 14.2. The van der Waals surface area contributed by atoms with Gasteiger partial charge in [0.1, 0.15) is 0 Å². The van der Waals surface area contributed by atoms with Crippen molar-refractivity contribution >= 4 is 22.5 Å². The molecule has 6 heteroatoms. The summed E-state index contributed by atoms with van der Waals surface area (Å²) in [4.78, 5) is 13.3. The van der Waals surface area contributed by atoms with E-state index in [4.69, 9.17) is 15.2 Å². The second-order valence-corrected chi connectivity index (χ2v) is 9.60. The maximum absolute atomic E-state index is 13.3. The van der Waals surface area contributed by atoms with Gasteiger partial charge in [0, 0.05) is 40.8 Å². The molecule has 2 heterocycles. The van der Waals surface area contributed by atoms with E-state index in [0.29, 0.717) is 12.3 Å². The third-order valence-corrected chi connectivity index (χ3v) is 6.39. The molecule has 0 saturated heterocycles. The summed E-state index contributed by atoms with van der Waals surface area (Å²) in [5, 5.41) is 4.27. The molecule has 0 spiro atoms. The fourth-order valence-corrected chi connectivity index (χ4v) is 4.56. The number of rotatable bonds is 5. The lowest BCUT2D eigenvalue weighted by atomic mass is 9.92. The lowest BCUT2D eigenvalue weighted by Gasteiger charge is -2.21. The maximum Gasteiger partial charge on any atom is 0.235 e. The molecule has 2 aromatic carbocycles. The van der Waals surface area contributed by atoms with Gasteiger partial charge in [-0.25, -0.2) is 0 Å². The van der Waals surface area contributed by atoms with Crippen molar-refractivity contribution in [1.29, 1.82) is 0 Å². The van der Waals surface area contributed by atoms with Crippen LogP contribution < -0.4 is 20.5 Å². The molecule has 1 aliphatic carbocycles. The standard InChI is InChI=1S/C25H29N3O3/c1-24(2,3)22-13-16-12-18(5-6-19(16)28(22)11-10-26)27-23(29)25(8-9-25)17-4-7-20-21(14-17)31-15-30-20/h4-7,12-14H,8-11,15,26H2,1-3H3,(H,27,29). The zero-order valence-corrected chi connectivity index (χ0v) is 18.3.